The number of carbonyl (C=O) groups excluding carboxylic acids is 1. The van der Waals surface area contributed by atoms with Gasteiger partial charge in [0.25, 0.3) is 0 Å². The number of ketones is 1. The molecule has 0 aliphatic carbocycles. The summed E-state index contributed by atoms with van der Waals surface area (Å²) >= 11 is 3.39. The van der Waals surface area contributed by atoms with Crippen LogP contribution in [-0.4, -0.2) is 15.6 Å². The van der Waals surface area contributed by atoms with E-state index >= 15 is 0 Å². The molecule has 4 heteroatoms. The topological polar surface area (TPSA) is 34.9 Å². The van der Waals surface area contributed by atoms with E-state index in [1.54, 1.807) is 10.9 Å². The summed E-state index contributed by atoms with van der Waals surface area (Å²) in [6, 6.07) is 7.80. The van der Waals surface area contributed by atoms with Gasteiger partial charge in [0, 0.05) is 12.1 Å². The van der Waals surface area contributed by atoms with Gasteiger partial charge in [-0.1, -0.05) is 38.1 Å². The highest BCUT2D eigenvalue weighted by Gasteiger charge is 2.18. The van der Waals surface area contributed by atoms with E-state index < -0.39 is 0 Å². The number of rotatable bonds is 4. The van der Waals surface area contributed by atoms with E-state index in [1.165, 1.54) is 5.56 Å². The molecule has 2 rings (SSSR count). The minimum atomic E-state index is 0.00142. The zero-order valence-electron chi connectivity index (χ0n) is 11.4. The average molecular weight is 321 g/mol. The van der Waals surface area contributed by atoms with Crippen molar-refractivity contribution in [3.05, 3.63) is 51.8 Å². The van der Waals surface area contributed by atoms with Gasteiger partial charge in [-0.3, -0.25) is 9.48 Å². The smallest absolute Gasteiger partial charge is 0.212 e. The Balaban J connectivity index is 2.36. The van der Waals surface area contributed by atoms with Crippen LogP contribution in [0, 0.1) is 0 Å². The molecule has 0 radical (unpaired) electrons. The molecule has 0 amide bonds. The second-order valence-corrected chi connectivity index (χ2v) is 5.62. The fraction of sp³-hybridized carbons (Fsp3) is 0.333. The molecule has 0 saturated carbocycles. The van der Waals surface area contributed by atoms with E-state index in [0.717, 1.165) is 4.47 Å². The highest BCUT2D eigenvalue weighted by Crippen LogP contribution is 2.21. The van der Waals surface area contributed by atoms with Gasteiger partial charge in [0.2, 0.25) is 5.78 Å². The summed E-state index contributed by atoms with van der Waals surface area (Å²) in [7, 11) is 0. The van der Waals surface area contributed by atoms with Gasteiger partial charge in [-0.15, -0.1) is 0 Å². The minimum absolute atomic E-state index is 0.00142. The molecular formula is C15H17BrN2O. The van der Waals surface area contributed by atoms with Gasteiger partial charge in [0.05, 0.1) is 10.7 Å². The summed E-state index contributed by atoms with van der Waals surface area (Å²) in [5, 5.41) is 4.18. The SMILES string of the molecule is CCn1ncc(Br)c1C(=O)c1ccc(C(C)C)cc1. The van der Waals surface area contributed by atoms with E-state index in [9.17, 15) is 4.79 Å². The van der Waals surface area contributed by atoms with Crippen LogP contribution in [0.5, 0.6) is 0 Å². The highest BCUT2D eigenvalue weighted by molar-refractivity contribution is 9.10. The maximum absolute atomic E-state index is 12.5. The van der Waals surface area contributed by atoms with Gasteiger partial charge in [0.1, 0.15) is 5.69 Å². The first kappa shape index (κ1) is 14.0. The summed E-state index contributed by atoms with van der Waals surface area (Å²) in [4.78, 5) is 12.5. The lowest BCUT2D eigenvalue weighted by atomic mass is 10.00. The lowest BCUT2D eigenvalue weighted by molar-refractivity contribution is 0.102. The maximum atomic E-state index is 12.5. The number of benzene rings is 1. The standard InChI is InChI=1S/C15H17BrN2O/c1-4-18-14(13(16)9-17-18)15(19)12-7-5-11(6-8-12)10(2)3/h5-10H,4H2,1-3H3. The first-order valence-electron chi connectivity index (χ1n) is 6.40. The van der Waals surface area contributed by atoms with Gasteiger partial charge < -0.3 is 0 Å². The van der Waals surface area contributed by atoms with Crippen molar-refractivity contribution in [3.8, 4) is 0 Å². The summed E-state index contributed by atoms with van der Waals surface area (Å²) < 4.78 is 2.45. The Labute approximate surface area is 121 Å². The van der Waals surface area contributed by atoms with Crippen molar-refractivity contribution in [2.75, 3.05) is 0 Å². The van der Waals surface area contributed by atoms with Crippen LogP contribution in [0.2, 0.25) is 0 Å². The molecule has 1 aromatic heterocycles. The first-order valence-corrected chi connectivity index (χ1v) is 7.19. The van der Waals surface area contributed by atoms with Crippen molar-refractivity contribution in [2.45, 2.75) is 33.2 Å². The number of aromatic nitrogens is 2. The summed E-state index contributed by atoms with van der Waals surface area (Å²) in [6.45, 7) is 6.92. The van der Waals surface area contributed by atoms with Gasteiger partial charge in [-0.05, 0) is 34.3 Å². The maximum Gasteiger partial charge on any atom is 0.212 e. The number of halogens is 1. The third kappa shape index (κ3) is 2.78. The molecule has 0 fully saturated rings. The molecule has 1 heterocycles. The van der Waals surface area contributed by atoms with Crippen molar-refractivity contribution in [3.63, 3.8) is 0 Å². The van der Waals surface area contributed by atoms with E-state index in [-0.39, 0.29) is 5.78 Å². The Morgan fingerprint density at radius 1 is 1.32 bits per heavy atom. The van der Waals surface area contributed by atoms with Crippen LogP contribution in [0.15, 0.2) is 34.9 Å². The zero-order chi connectivity index (χ0) is 14.0. The molecule has 100 valence electrons. The van der Waals surface area contributed by atoms with Gasteiger partial charge in [-0.25, -0.2) is 0 Å². The molecule has 1 aromatic carbocycles. The molecule has 0 aliphatic rings. The Kier molecular flexibility index (Phi) is 4.20. The van der Waals surface area contributed by atoms with Crippen molar-refractivity contribution in [1.29, 1.82) is 0 Å². The van der Waals surface area contributed by atoms with Crippen LogP contribution in [0.25, 0.3) is 0 Å². The van der Waals surface area contributed by atoms with E-state index in [4.69, 9.17) is 0 Å². The number of nitrogens with zero attached hydrogens (tertiary/aromatic N) is 2. The second-order valence-electron chi connectivity index (χ2n) is 4.76. The van der Waals surface area contributed by atoms with Crippen LogP contribution in [-0.2, 0) is 6.54 Å². The predicted octanol–water partition coefficient (Wildman–Crippen LogP) is 4.02. The molecule has 3 nitrogen and oxygen atoms in total. The van der Waals surface area contributed by atoms with Crippen molar-refractivity contribution in [1.82, 2.24) is 9.78 Å². The fourth-order valence-corrected chi connectivity index (χ4v) is 2.46. The molecule has 0 saturated heterocycles. The second kappa shape index (κ2) is 5.70. The highest BCUT2D eigenvalue weighted by atomic mass is 79.9. The van der Waals surface area contributed by atoms with Gasteiger partial charge in [-0.2, -0.15) is 5.10 Å². The third-order valence-electron chi connectivity index (χ3n) is 3.15. The average Bonchev–Trinajstić information content (AvgIpc) is 2.79. The van der Waals surface area contributed by atoms with Crippen LogP contribution >= 0.6 is 15.9 Å². The minimum Gasteiger partial charge on any atom is -0.287 e. The monoisotopic (exact) mass is 320 g/mol. The van der Waals surface area contributed by atoms with Crippen molar-refractivity contribution >= 4 is 21.7 Å². The normalized spacial score (nSPS) is 11.0. The number of hydrogen-bond donors (Lipinski definition) is 0. The first-order chi connectivity index (χ1) is 9.04. The molecule has 0 atom stereocenters. The van der Waals surface area contributed by atoms with Crippen LogP contribution < -0.4 is 0 Å². The fourth-order valence-electron chi connectivity index (χ4n) is 1.98. The number of hydrogen-bond acceptors (Lipinski definition) is 2. The number of aryl methyl sites for hydroxylation is 1. The Bertz CT molecular complexity index is 585. The van der Waals surface area contributed by atoms with Crippen LogP contribution in [0.1, 0.15) is 48.3 Å². The number of carbonyl (C=O) groups is 1. The molecule has 0 aliphatic heterocycles. The van der Waals surface area contributed by atoms with Gasteiger partial charge >= 0.3 is 0 Å². The molecule has 0 spiro atoms. The zero-order valence-corrected chi connectivity index (χ0v) is 12.9. The third-order valence-corrected chi connectivity index (χ3v) is 3.73. The van der Waals surface area contributed by atoms with Crippen LogP contribution in [0.4, 0.5) is 0 Å². The molecule has 0 unspecified atom stereocenters. The van der Waals surface area contributed by atoms with Gasteiger partial charge in [0.15, 0.2) is 0 Å². The lowest BCUT2D eigenvalue weighted by Crippen LogP contribution is -2.11. The van der Waals surface area contributed by atoms with E-state index in [1.807, 2.05) is 31.2 Å². The Morgan fingerprint density at radius 3 is 2.47 bits per heavy atom. The summed E-state index contributed by atoms with van der Waals surface area (Å²) in [6.07, 6.45) is 1.67. The van der Waals surface area contributed by atoms with Crippen LogP contribution in [0.3, 0.4) is 0 Å². The summed E-state index contributed by atoms with van der Waals surface area (Å²) in [5.41, 5.74) is 2.54. The molecule has 0 N–H and O–H groups in total. The van der Waals surface area contributed by atoms with Crippen molar-refractivity contribution < 1.29 is 4.79 Å². The Morgan fingerprint density at radius 2 is 1.95 bits per heavy atom. The molecule has 2 aromatic rings. The Hall–Kier alpha value is -1.42. The lowest BCUT2D eigenvalue weighted by Gasteiger charge is -2.08. The summed E-state index contributed by atoms with van der Waals surface area (Å²) in [5.74, 6) is 0.471. The molecule has 0 bridgehead atoms. The molecular weight excluding hydrogens is 304 g/mol. The quantitative estimate of drug-likeness (QED) is 0.797. The van der Waals surface area contributed by atoms with E-state index in [0.29, 0.717) is 23.7 Å². The van der Waals surface area contributed by atoms with E-state index in [2.05, 4.69) is 34.9 Å². The molecule has 19 heavy (non-hydrogen) atoms. The van der Waals surface area contributed by atoms with Crippen molar-refractivity contribution in [2.24, 2.45) is 0 Å². The largest absolute Gasteiger partial charge is 0.287 e. The predicted molar refractivity (Wildman–Crippen MR) is 79.6 cm³/mol.